The molecule has 2 N–H and O–H groups in total. The summed E-state index contributed by atoms with van der Waals surface area (Å²) in [5, 5.41) is 4.17. The number of morpholine rings is 1. The Morgan fingerprint density at radius 3 is 2.92 bits per heavy atom. The van der Waals surface area contributed by atoms with E-state index in [-0.39, 0.29) is 11.9 Å². The van der Waals surface area contributed by atoms with Crippen LogP contribution in [-0.4, -0.2) is 53.6 Å². The molecule has 1 aliphatic rings. The molecule has 0 spiro atoms. The predicted molar refractivity (Wildman–Crippen MR) is 100 cm³/mol. The maximum Gasteiger partial charge on any atom is 0.251 e. The van der Waals surface area contributed by atoms with Gasteiger partial charge in [0.15, 0.2) is 0 Å². The number of carbonyl (C=O) groups excluding carboxylic acids is 1. The van der Waals surface area contributed by atoms with E-state index in [2.05, 4.69) is 20.2 Å². The lowest BCUT2D eigenvalue weighted by Crippen LogP contribution is -2.44. The van der Waals surface area contributed by atoms with Crippen LogP contribution in [0.25, 0.3) is 10.9 Å². The van der Waals surface area contributed by atoms with Crippen molar-refractivity contribution in [3.05, 3.63) is 66.1 Å². The highest BCUT2D eigenvalue weighted by Gasteiger charge is 2.24. The summed E-state index contributed by atoms with van der Waals surface area (Å²) in [6, 6.07) is 13.6. The van der Waals surface area contributed by atoms with E-state index in [1.165, 1.54) is 0 Å². The van der Waals surface area contributed by atoms with Gasteiger partial charge in [-0.05, 0) is 35.7 Å². The van der Waals surface area contributed by atoms with Crippen molar-refractivity contribution >= 4 is 16.8 Å². The van der Waals surface area contributed by atoms with Crippen molar-refractivity contribution in [1.29, 1.82) is 0 Å². The molecule has 3 heterocycles. The van der Waals surface area contributed by atoms with Crippen LogP contribution in [0.2, 0.25) is 0 Å². The molecule has 4 rings (SSSR count). The summed E-state index contributed by atoms with van der Waals surface area (Å²) in [6.45, 7) is 3.61. The first kappa shape index (κ1) is 16.8. The zero-order chi connectivity index (χ0) is 17.8. The lowest BCUT2D eigenvalue weighted by molar-refractivity contribution is 0.0154. The molecule has 0 unspecified atom stereocenters. The van der Waals surface area contributed by atoms with Crippen LogP contribution in [0.15, 0.2) is 54.9 Å². The molecule has 6 heteroatoms. The van der Waals surface area contributed by atoms with Gasteiger partial charge >= 0.3 is 0 Å². The number of fused-ring (bicyclic) bond motifs is 1. The standard InChI is InChI=1S/C20H22N4O2/c25-20(16-5-4-15-6-8-22-18(15)13-16)23-14-19(17-3-1-2-7-21-17)24-9-11-26-12-10-24/h1-8,13,19,22H,9-12,14H2,(H,23,25)/t19-/m0/s1. The Balaban J connectivity index is 1.49. The summed E-state index contributed by atoms with van der Waals surface area (Å²) in [5.74, 6) is -0.0734. The van der Waals surface area contributed by atoms with Crippen molar-refractivity contribution in [2.45, 2.75) is 6.04 Å². The van der Waals surface area contributed by atoms with Gasteiger partial charge in [0.05, 0.1) is 24.9 Å². The second kappa shape index (κ2) is 7.68. The summed E-state index contributed by atoms with van der Waals surface area (Å²) in [7, 11) is 0. The topological polar surface area (TPSA) is 70.2 Å². The number of nitrogens with one attached hydrogen (secondary N) is 2. The average Bonchev–Trinajstić information content (AvgIpc) is 3.17. The van der Waals surface area contributed by atoms with E-state index < -0.39 is 0 Å². The van der Waals surface area contributed by atoms with Gasteiger partial charge in [-0.15, -0.1) is 0 Å². The Labute approximate surface area is 152 Å². The number of pyridine rings is 1. The third-order valence-corrected chi connectivity index (χ3v) is 4.79. The molecule has 1 saturated heterocycles. The number of nitrogens with zero attached hydrogens (tertiary/aromatic N) is 2. The molecule has 0 bridgehead atoms. The van der Waals surface area contributed by atoms with Crippen LogP contribution in [0.1, 0.15) is 22.1 Å². The van der Waals surface area contributed by atoms with Gasteiger partial charge in [-0.25, -0.2) is 0 Å². The molecule has 0 saturated carbocycles. The Morgan fingerprint density at radius 1 is 1.23 bits per heavy atom. The molecule has 1 aromatic carbocycles. The van der Waals surface area contributed by atoms with Crippen LogP contribution in [0.3, 0.4) is 0 Å². The van der Waals surface area contributed by atoms with Gasteiger partial charge < -0.3 is 15.0 Å². The van der Waals surface area contributed by atoms with Gasteiger partial charge in [0.2, 0.25) is 0 Å². The van der Waals surface area contributed by atoms with Crippen LogP contribution < -0.4 is 5.32 Å². The first-order valence-corrected chi connectivity index (χ1v) is 8.89. The molecule has 6 nitrogen and oxygen atoms in total. The number of aromatic nitrogens is 2. The number of rotatable bonds is 5. The number of amides is 1. The van der Waals surface area contributed by atoms with Crippen LogP contribution >= 0.6 is 0 Å². The van der Waals surface area contributed by atoms with E-state index in [1.54, 1.807) is 6.20 Å². The molecule has 2 aromatic heterocycles. The molecule has 26 heavy (non-hydrogen) atoms. The van der Waals surface area contributed by atoms with E-state index in [4.69, 9.17) is 4.74 Å². The number of H-pyrrole nitrogens is 1. The summed E-state index contributed by atoms with van der Waals surface area (Å²) in [6.07, 6.45) is 3.67. The highest BCUT2D eigenvalue weighted by atomic mass is 16.5. The lowest BCUT2D eigenvalue weighted by Gasteiger charge is -2.34. The van der Waals surface area contributed by atoms with Gasteiger partial charge in [0.25, 0.3) is 5.91 Å². The Kier molecular flexibility index (Phi) is 4.95. The third-order valence-electron chi connectivity index (χ3n) is 4.79. The van der Waals surface area contributed by atoms with Crippen molar-refractivity contribution in [3.63, 3.8) is 0 Å². The minimum atomic E-state index is -0.0734. The maximum atomic E-state index is 12.6. The van der Waals surface area contributed by atoms with E-state index in [0.717, 1.165) is 29.7 Å². The van der Waals surface area contributed by atoms with Gasteiger partial charge in [0, 0.05) is 43.1 Å². The van der Waals surface area contributed by atoms with E-state index in [1.807, 2.05) is 48.7 Å². The number of benzene rings is 1. The minimum absolute atomic E-state index is 0.0401. The number of carbonyl (C=O) groups is 1. The number of ether oxygens (including phenoxy) is 1. The highest BCUT2D eigenvalue weighted by molar-refractivity contribution is 5.97. The molecule has 1 aliphatic heterocycles. The molecular formula is C20H22N4O2. The molecule has 134 valence electrons. The van der Waals surface area contributed by atoms with E-state index in [0.29, 0.717) is 25.3 Å². The van der Waals surface area contributed by atoms with Crippen molar-refractivity contribution < 1.29 is 9.53 Å². The number of aromatic amines is 1. The predicted octanol–water partition coefficient (Wildman–Crippen LogP) is 2.37. The Morgan fingerprint density at radius 2 is 2.12 bits per heavy atom. The largest absolute Gasteiger partial charge is 0.379 e. The van der Waals surface area contributed by atoms with Crippen molar-refractivity contribution in [1.82, 2.24) is 20.2 Å². The van der Waals surface area contributed by atoms with Gasteiger partial charge in [-0.3, -0.25) is 14.7 Å². The SMILES string of the molecule is O=C(NC[C@@H](c1ccccn1)N1CCOCC1)c1ccc2cc[nH]c2c1. The van der Waals surface area contributed by atoms with Gasteiger partial charge in [-0.1, -0.05) is 12.1 Å². The number of hydrogen-bond acceptors (Lipinski definition) is 4. The monoisotopic (exact) mass is 350 g/mol. The quantitative estimate of drug-likeness (QED) is 0.741. The molecule has 1 atom stereocenters. The van der Waals surface area contributed by atoms with Crippen molar-refractivity contribution in [2.24, 2.45) is 0 Å². The first-order valence-electron chi connectivity index (χ1n) is 8.89. The van der Waals surface area contributed by atoms with Gasteiger partial charge in [0.1, 0.15) is 0 Å². The average molecular weight is 350 g/mol. The Bertz CT molecular complexity index is 872. The van der Waals surface area contributed by atoms with Gasteiger partial charge in [-0.2, -0.15) is 0 Å². The fourth-order valence-electron chi connectivity index (χ4n) is 3.36. The molecule has 3 aromatic rings. The fraction of sp³-hybridized carbons (Fsp3) is 0.300. The second-order valence-electron chi connectivity index (χ2n) is 6.41. The molecule has 1 fully saturated rings. The molecule has 1 amide bonds. The fourth-order valence-corrected chi connectivity index (χ4v) is 3.36. The van der Waals surface area contributed by atoms with Crippen molar-refractivity contribution in [2.75, 3.05) is 32.8 Å². The third kappa shape index (κ3) is 3.61. The van der Waals surface area contributed by atoms with Crippen LogP contribution in [-0.2, 0) is 4.74 Å². The van der Waals surface area contributed by atoms with Crippen molar-refractivity contribution in [3.8, 4) is 0 Å². The molecule has 0 aliphatic carbocycles. The molecular weight excluding hydrogens is 328 g/mol. The minimum Gasteiger partial charge on any atom is -0.379 e. The highest BCUT2D eigenvalue weighted by Crippen LogP contribution is 2.20. The summed E-state index contributed by atoms with van der Waals surface area (Å²) in [5.41, 5.74) is 2.59. The van der Waals surface area contributed by atoms with E-state index in [9.17, 15) is 4.79 Å². The summed E-state index contributed by atoms with van der Waals surface area (Å²) < 4.78 is 5.46. The smallest absolute Gasteiger partial charge is 0.251 e. The zero-order valence-electron chi connectivity index (χ0n) is 14.5. The van der Waals surface area contributed by atoms with Crippen LogP contribution in [0.5, 0.6) is 0 Å². The maximum absolute atomic E-state index is 12.6. The van der Waals surface area contributed by atoms with Crippen LogP contribution in [0.4, 0.5) is 0 Å². The lowest BCUT2D eigenvalue weighted by atomic mass is 10.1. The van der Waals surface area contributed by atoms with E-state index >= 15 is 0 Å². The molecule has 0 radical (unpaired) electrons. The summed E-state index contributed by atoms with van der Waals surface area (Å²) in [4.78, 5) is 22.6. The zero-order valence-corrected chi connectivity index (χ0v) is 14.5. The Hall–Kier alpha value is -2.70. The number of hydrogen-bond donors (Lipinski definition) is 2. The first-order chi connectivity index (χ1) is 12.8. The van der Waals surface area contributed by atoms with Crippen LogP contribution in [0, 0.1) is 0 Å². The normalized spacial score (nSPS) is 16.5. The second-order valence-corrected chi connectivity index (χ2v) is 6.41. The summed E-state index contributed by atoms with van der Waals surface area (Å²) >= 11 is 0.